The smallest absolute Gasteiger partial charge is 0.123 e. The van der Waals surface area contributed by atoms with Crippen LogP contribution in [-0.2, 0) is 0 Å². The zero-order valence-corrected chi connectivity index (χ0v) is 9.38. The quantitative estimate of drug-likeness (QED) is 0.668. The first-order chi connectivity index (χ1) is 7.29. The van der Waals surface area contributed by atoms with Gasteiger partial charge in [-0.2, -0.15) is 0 Å². The molecular formula is C14H19F. The number of benzene rings is 1. The molecule has 0 spiro atoms. The fourth-order valence-electron chi connectivity index (χ4n) is 2.66. The van der Waals surface area contributed by atoms with Gasteiger partial charge < -0.3 is 0 Å². The van der Waals surface area contributed by atoms with Crippen molar-refractivity contribution in [3.63, 3.8) is 0 Å². The van der Waals surface area contributed by atoms with E-state index in [4.69, 9.17) is 0 Å². The van der Waals surface area contributed by atoms with Crippen LogP contribution in [0.5, 0.6) is 0 Å². The normalized spacial score (nSPS) is 26.5. The number of rotatable bonds is 2. The lowest BCUT2D eigenvalue weighted by atomic mass is 9.78. The second-order valence-electron chi connectivity index (χ2n) is 4.68. The Morgan fingerprint density at radius 3 is 2.53 bits per heavy atom. The lowest BCUT2D eigenvalue weighted by Gasteiger charge is -2.28. The Balaban J connectivity index is 2.01. The van der Waals surface area contributed by atoms with Crippen LogP contribution < -0.4 is 0 Å². The van der Waals surface area contributed by atoms with E-state index in [0.29, 0.717) is 5.92 Å². The summed E-state index contributed by atoms with van der Waals surface area (Å²) in [5.74, 6) is 1.42. The molecule has 0 heterocycles. The van der Waals surface area contributed by atoms with E-state index < -0.39 is 0 Å². The molecule has 82 valence electrons. The Labute approximate surface area is 91.5 Å². The predicted octanol–water partition coefficient (Wildman–Crippen LogP) is 4.51. The minimum Gasteiger partial charge on any atom is -0.207 e. The fraction of sp³-hybridized carbons (Fsp3) is 0.571. The van der Waals surface area contributed by atoms with Crippen LogP contribution in [0, 0.1) is 11.7 Å². The van der Waals surface area contributed by atoms with Crippen LogP contribution in [0.4, 0.5) is 4.39 Å². The van der Waals surface area contributed by atoms with Gasteiger partial charge in [-0.1, -0.05) is 25.5 Å². The molecule has 0 amide bonds. The monoisotopic (exact) mass is 206 g/mol. The molecule has 0 aliphatic heterocycles. The minimum atomic E-state index is -0.0925. The highest BCUT2D eigenvalue weighted by atomic mass is 19.1. The summed E-state index contributed by atoms with van der Waals surface area (Å²) in [5.41, 5.74) is 1.20. The predicted molar refractivity (Wildman–Crippen MR) is 61.4 cm³/mol. The molecule has 0 unspecified atom stereocenters. The summed E-state index contributed by atoms with van der Waals surface area (Å²) in [7, 11) is 0. The maximum Gasteiger partial charge on any atom is 0.123 e. The van der Waals surface area contributed by atoms with Crippen molar-refractivity contribution < 1.29 is 4.39 Å². The maximum atomic E-state index is 13.1. The van der Waals surface area contributed by atoms with Gasteiger partial charge in [-0.05, 0) is 55.2 Å². The molecule has 1 aromatic rings. The molecule has 0 N–H and O–H groups in total. The Kier molecular flexibility index (Phi) is 3.40. The van der Waals surface area contributed by atoms with E-state index >= 15 is 0 Å². The number of halogens is 1. The van der Waals surface area contributed by atoms with Crippen molar-refractivity contribution in [2.45, 2.75) is 44.9 Å². The van der Waals surface area contributed by atoms with E-state index in [-0.39, 0.29) is 5.82 Å². The number of hydrogen-bond acceptors (Lipinski definition) is 0. The van der Waals surface area contributed by atoms with Crippen molar-refractivity contribution in [2.75, 3.05) is 0 Å². The van der Waals surface area contributed by atoms with Crippen LogP contribution in [-0.4, -0.2) is 0 Å². The Hall–Kier alpha value is -0.850. The summed E-state index contributed by atoms with van der Waals surface area (Å²) < 4.78 is 13.1. The molecule has 1 fully saturated rings. The zero-order chi connectivity index (χ0) is 10.7. The van der Waals surface area contributed by atoms with Gasteiger partial charge in [0, 0.05) is 0 Å². The second kappa shape index (κ2) is 4.78. The van der Waals surface area contributed by atoms with Crippen LogP contribution in [0.1, 0.15) is 50.5 Å². The largest absolute Gasteiger partial charge is 0.207 e. The summed E-state index contributed by atoms with van der Waals surface area (Å²) in [6.07, 6.45) is 6.41. The Morgan fingerprint density at radius 2 is 1.93 bits per heavy atom. The zero-order valence-electron chi connectivity index (χ0n) is 9.38. The van der Waals surface area contributed by atoms with Crippen LogP contribution in [0.25, 0.3) is 0 Å². The van der Waals surface area contributed by atoms with Crippen molar-refractivity contribution in [1.29, 1.82) is 0 Å². The SMILES string of the molecule is CC[C@H]1CC[C@H](c2cccc(F)c2)CC1. The molecule has 1 aliphatic carbocycles. The highest BCUT2D eigenvalue weighted by Crippen LogP contribution is 2.36. The van der Waals surface area contributed by atoms with Crippen molar-refractivity contribution in [1.82, 2.24) is 0 Å². The van der Waals surface area contributed by atoms with Crippen LogP contribution in [0.15, 0.2) is 24.3 Å². The van der Waals surface area contributed by atoms with Crippen molar-refractivity contribution in [3.8, 4) is 0 Å². The molecular weight excluding hydrogens is 187 g/mol. The molecule has 0 radical (unpaired) electrons. The molecule has 1 heteroatoms. The van der Waals surface area contributed by atoms with Gasteiger partial charge in [-0.25, -0.2) is 4.39 Å². The minimum absolute atomic E-state index is 0.0925. The topological polar surface area (TPSA) is 0 Å². The second-order valence-corrected chi connectivity index (χ2v) is 4.68. The van der Waals surface area contributed by atoms with Crippen LogP contribution >= 0.6 is 0 Å². The molecule has 15 heavy (non-hydrogen) atoms. The molecule has 0 saturated heterocycles. The third-order valence-electron chi connectivity index (χ3n) is 3.74. The third kappa shape index (κ3) is 2.58. The Bertz CT molecular complexity index is 311. The van der Waals surface area contributed by atoms with Gasteiger partial charge in [0.1, 0.15) is 5.82 Å². The molecule has 0 atom stereocenters. The first-order valence-electron chi connectivity index (χ1n) is 6.05. The Morgan fingerprint density at radius 1 is 1.20 bits per heavy atom. The van der Waals surface area contributed by atoms with Gasteiger partial charge >= 0.3 is 0 Å². The third-order valence-corrected chi connectivity index (χ3v) is 3.74. The van der Waals surface area contributed by atoms with E-state index in [2.05, 4.69) is 13.0 Å². The van der Waals surface area contributed by atoms with E-state index in [0.717, 1.165) is 5.92 Å². The summed E-state index contributed by atoms with van der Waals surface area (Å²) in [6.45, 7) is 2.27. The van der Waals surface area contributed by atoms with Gasteiger partial charge in [-0.15, -0.1) is 0 Å². The molecule has 1 aromatic carbocycles. The lowest BCUT2D eigenvalue weighted by molar-refractivity contribution is 0.318. The number of hydrogen-bond donors (Lipinski definition) is 0. The van der Waals surface area contributed by atoms with E-state index in [1.807, 2.05) is 6.07 Å². The fourth-order valence-corrected chi connectivity index (χ4v) is 2.66. The van der Waals surface area contributed by atoms with Crippen molar-refractivity contribution >= 4 is 0 Å². The standard InChI is InChI=1S/C14H19F/c1-2-11-6-8-12(9-7-11)13-4-3-5-14(15)10-13/h3-5,10-12H,2,6-9H2,1H3/t11-,12-. The summed E-state index contributed by atoms with van der Waals surface area (Å²) in [4.78, 5) is 0. The maximum absolute atomic E-state index is 13.1. The highest BCUT2D eigenvalue weighted by Gasteiger charge is 2.21. The highest BCUT2D eigenvalue weighted by molar-refractivity contribution is 5.21. The summed E-state index contributed by atoms with van der Waals surface area (Å²) in [5, 5.41) is 0. The summed E-state index contributed by atoms with van der Waals surface area (Å²) >= 11 is 0. The summed E-state index contributed by atoms with van der Waals surface area (Å²) in [6, 6.07) is 7.13. The average molecular weight is 206 g/mol. The van der Waals surface area contributed by atoms with Crippen molar-refractivity contribution in [2.24, 2.45) is 5.92 Å². The van der Waals surface area contributed by atoms with Gasteiger partial charge in [0.25, 0.3) is 0 Å². The molecule has 1 aliphatic rings. The van der Waals surface area contributed by atoms with Gasteiger partial charge in [0.15, 0.2) is 0 Å². The van der Waals surface area contributed by atoms with Gasteiger partial charge in [0.2, 0.25) is 0 Å². The van der Waals surface area contributed by atoms with Gasteiger partial charge in [0.05, 0.1) is 0 Å². The van der Waals surface area contributed by atoms with Crippen LogP contribution in [0.3, 0.4) is 0 Å². The van der Waals surface area contributed by atoms with Gasteiger partial charge in [-0.3, -0.25) is 0 Å². The first kappa shape index (κ1) is 10.7. The lowest BCUT2D eigenvalue weighted by Crippen LogP contribution is -2.12. The van der Waals surface area contributed by atoms with E-state index in [1.165, 1.54) is 43.7 Å². The average Bonchev–Trinajstić information content (AvgIpc) is 2.29. The molecule has 0 aromatic heterocycles. The van der Waals surface area contributed by atoms with Crippen molar-refractivity contribution in [3.05, 3.63) is 35.6 Å². The van der Waals surface area contributed by atoms with E-state index in [9.17, 15) is 4.39 Å². The molecule has 2 rings (SSSR count). The first-order valence-corrected chi connectivity index (χ1v) is 6.05. The molecule has 0 bridgehead atoms. The van der Waals surface area contributed by atoms with E-state index in [1.54, 1.807) is 6.07 Å². The molecule has 0 nitrogen and oxygen atoms in total. The van der Waals surface area contributed by atoms with Crippen LogP contribution in [0.2, 0.25) is 0 Å². The molecule has 1 saturated carbocycles.